The maximum Gasteiger partial charge on any atom is 0.303 e. The van der Waals surface area contributed by atoms with Gasteiger partial charge >= 0.3 is 11.9 Å². The quantitative estimate of drug-likeness (QED) is 0.178. The standard InChI is InChI=1S/C26H22N2O7S2/c29-18(5-7-25(32)33)22-9-14-1-3-16(11-20(14)36-22)27-13-24(31)28-17-4-2-15-10-23(37-21(15)12-17)19(30)6-8-26(34)35/h1-4,9-12,27H,5-8,13H2,(H,28,31)(H,32,33)(H,34,35). The molecule has 1 amide bonds. The lowest BCUT2D eigenvalue weighted by Crippen LogP contribution is -2.21. The number of nitrogens with one attached hydrogen (secondary N) is 2. The molecule has 2 aromatic carbocycles. The molecule has 2 heterocycles. The Morgan fingerprint density at radius 3 is 1.65 bits per heavy atom. The van der Waals surface area contributed by atoms with Crippen molar-refractivity contribution < 1.29 is 34.2 Å². The van der Waals surface area contributed by atoms with Crippen molar-refractivity contribution >= 4 is 83.6 Å². The number of carboxylic acids is 2. The largest absolute Gasteiger partial charge is 0.481 e. The van der Waals surface area contributed by atoms with E-state index in [0.717, 1.165) is 20.2 Å². The Labute approximate surface area is 218 Å². The van der Waals surface area contributed by atoms with Gasteiger partial charge in [-0.2, -0.15) is 0 Å². The van der Waals surface area contributed by atoms with E-state index in [2.05, 4.69) is 10.6 Å². The van der Waals surface area contributed by atoms with Crippen molar-refractivity contribution in [2.45, 2.75) is 25.7 Å². The lowest BCUT2D eigenvalue weighted by atomic mass is 10.1. The van der Waals surface area contributed by atoms with Gasteiger partial charge in [-0.1, -0.05) is 12.1 Å². The van der Waals surface area contributed by atoms with Crippen molar-refractivity contribution in [2.24, 2.45) is 0 Å². The lowest BCUT2D eigenvalue weighted by Gasteiger charge is -2.08. The van der Waals surface area contributed by atoms with E-state index in [-0.39, 0.29) is 49.7 Å². The molecule has 0 unspecified atom stereocenters. The van der Waals surface area contributed by atoms with Gasteiger partial charge in [-0.3, -0.25) is 24.0 Å². The second-order valence-electron chi connectivity index (χ2n) is 8.26. The van der Waals surface area contributed by atoms with Crippen LogP contribution >= 0.6 is 22.7 Å². The van der Waals surface area contributed by atoms with Crippen molar-refractivity contribution in [1.29, 1.82) is 0 Å². The molecule has 4 N–H and O–H groups in total. The van der Waals surface area contributed by atoms with Crippen LogP contribution in [0.2, 0.25) is 0 Å². The normalized spacial score (nSPS) is 10.9. The molecule has 2 aromatic heterocycles. The minimum absolute atomic E-state index is 0.00266. The molecule has 0 radical (unpaired) electrons. The number of thiophene rings is 2. The van der Waals surface area contributed by atoms with Crippen LogP contribution in [0.25, 0.3) is 20.2 Å². The number of aliphatic carboxylic acids is 2. The third kappa shape index (κ3) is 6.78. The van der Waals surface area contributed by atoms with Crippen LogP contribution in [0.15, 0.2) is 48.5 Å². The van der Waals surface area contributed by atoms with E-state index in [1.54, 1.807) is 36.4 Å². The van der Waals surface area contributed by atoms with Gasteiger partial charge in [-0.05, 0) is 47.2 Å². The summed E-state index contributed by atoms with van der Waals surface area (Å²) in [6.45, 7) is 0.00266. The Morgan fingerprint density at radius 2 is 1.14 bits per heavy atom. The van der Waals surface area contributed by atoms with Crippen LogP contribution in [0, 0.1) is 0 Å². The second kappa shape index (κ2) is 11.3. The highest BCUT2D eigenvalue weighted by Crippen LogP contribution is 2.30. The average Bonchev–Trinajstić information content (AvgIpc) is 3.48. The molecule has 0 saturated carbocycles. The number of hydrogen-bond acceptors (Lipinski definition) is 8. The highest BCUT2D eigenvalue weighted by atomic mass is 32.1. The first kappa shape index (κ1) is 26.0. The molecule has 37 heavy (non-hydrogen) atoms. The predicted octanol–water partition coefficient (Wildman–Crippen LogP) is 5.26. The molecule has 0 fully saturated rings. The number of carbonyl (C=O) groups excluding carboxylic acids is 3. The molecule has 190 valence electrons. The summed E-state index contributed by atoms with van der Waals surface area (Å²) in [7, 11) is 0. The fraction of sp³-hybridized carbons (Fsp3) is 0.192. The minimum atomic E-state index is -1.02. The summed E-state index contributed by atoms with van der Waals surface area (Å²) in [6.07, 6.45) is -0.530. The summed E-state index contributed by atoms with van der Waals surface area (Å²) in [5.41, 5.74) is 1.27. The molecule has 0 spiro atoms. The Morgan fingerprint density at radius 1 is 0.649 bits per heavy atom. The molecule has 4 aromatic rings. The topological polar surface area (TPSA) is 150 Å². The number of carboxylic acid groups (broad SMARTS) is 2. The first-order valence-corrected chi connectivity index (χ1v) is 12.9. The van der Waals surface area contributed by atoms with E-state index in [0.29, 0.717) is 21.1 Å². The van der Waals surface area contributed by atoms with Gasteiger partial charge in [0.15, 0.2) is 11.6 Å². The first-order chi connectivity index (χ1) is 17.7. The van der Waals surface area contributed by atoms with E-state index < -0.39 is 11.9 Å². The summed E-state index contributed by atoms with van der Waals surface area (Å²) in [5.74, 6) is -2.74. The minimum Gasteiger partial charge on any atom is -0.481 e. The first-order valence-electron chi connectivity index (χ1n) is 11.3. The third-order valence-electron chi connectivity index (χ3n) is 5.46. The molecule has 0 atom stereocenters. The van der Waals surface area contributed by atoms with Crippen LogP contribution in [0.3, 0.4) is 0 Å². The number of carbonyl (C=O) groups is 5. The zero-order valence-electron chi connectivity index (χ0n) is 19.4. The van der Waals surface area contributed by atoms with Gasteiger partial charge in [0.25, 0.3) is 0 Å². The van der Waals surface area contributed by atoms with E-state index in [1.165, 1.54) is 22.7 Å². The summed E-state index contributed by atoms with van der Waals surface area (Å²) in [4.78, 5) is 59.3. The third-order valence-corrected chi connectivity index (χ3v) is 7.74. The number of benzene rings is 2. The van der Waals surface area contributed by atoms with Crippen molar-refractivity contribution in [3.8, 4) is 0 Å². The highest BCUT2D eigenvalue weighted by molar-refractivity contribution is 7.21. The molecule has 0 aliphatic carbocycles. The monoisotopic (exact) mass is 538 g/mol. The van der Waals surface area contributed by atoms with Gasteiger partial charge in [0.2, 0.25) is 5.91 Å². The van der Waals surface area contributed by atoms with Gasteiger partial charge in [-0.15, -0.1) is 22.7 Å². The maximum atomic E-state index is 12.5. The Kier molecular flexibility index (Phi) is 7.95. The number of hydrogen-bond donors (Lipinski definition) is 4. The summed E-state index contributed by atoms with van der Waals surface area (Å²) in [6, 6.07) is 14.2. The highest BCUT2D eigenvalue weighted by Gasteiger charge is 2.14. The molecule has 0 bridgehead atoms. The Bertz CT molecular complexity index is 1540. The van der Waals surface area contributed by atoms with Crippen LogP contribution in [-0.4, -0.2) is 46.2 Å². The molecule has 9 nitrogen and oxygen atoms in total. The van der Waals surface area contributed by atoms with E-state index in [4.69, 9.17) is 10.2 Å². The van der Waals surface area contributed by atoms with Crippen molar-refractivity contribution in [3.63, 3.8) is 0 Å². The number of amides is 1. The number of anilines is 2. The number of ketones is 2. The van der Waals surface area contributed by atoms with Gasteiger partial charge < -0.3 is 20.8 Å². The van der Waals surface area contributed by atoms with Gasteiger partial charge in [0, 0.05) is 33.6 Å². The predicted molar refractivity (Wildman–Crippen MR) is 143 cm³/mol. The van der Waals surface area contributed by atoms with Crippen LogP contribution in [0.4, 0.5) is 11.4 Å². The van der Waals surface area contributed by atoms with Crippen molar-refractivity contribution in [1.82, 2.24) is 0 Å². The smallest absolute Gasteiger partial charge is 0.303 e. The van der Waals surface area contributed by atoms with E-state index >= 15 is 0 Å². The fourth-order valence-electron chi connectivity index (χ4n) is 3.60. The Hall–Kier alpha value is -4.09. The lowest BCUT2D eigenvalue weighted by molar-refractivity contribution is -0.137. The summed E-state index contributed by atoms with van der Waals surface area (Å²) < 4.78 is 1.65. The SMILES string of the molecule is O=C(O)CCC(=O)c1cc2ccc(NCC(=O)Nc3ccc4cc(C(=O)CCC(=O)O)sc4c3)cc2s1. The van der Waals surface area contributed by atoms with Gasteiger partial charge in [-0.25, -0.2) is 0 Å². The number of fused-ring (bicyclic) bond motifs is 2. The zero-order chi connectivity index (χ0) is 26.5. The molecular weight excluding hydrogens is 516 g/mol. The van der Waals surface area contributed by atoms with Crippen LogP contribution in [0.1, 0.15) is 45.0 Å². The summed E-state index contributed by atoms with van der Waals surface area (Å²) >= 11 is 2.54. The molecule has 0 aliphatic heterocycles. The summed E-state index contributed by atoms with van der Waals surface area (Å²) in [5, 5.41) is 25.1. The van der Waals surface area contributed by atoms with Crippen LogP contribution < -0.4 is 10.6 Å². The second-order valence-corrected chi connectivity index (χ2v) is 10.4. The molecule has 0 aliphatic rings. The number of Topliss-reactive ketones (excluding diaryl/α,β-unsaturated/α-hetero) is 2. The molecule has 0 saturated heterocycles. The zero-order valence-corrected chi connectivity index (χ0v) is 21.0. The Balaban J connectivity index is 1.35. The van der Waals surface area contributed by atoms with E-state index in [1.807, 2.05) is 12.1 Å². The molecular formula is C26H22N2O7S2. The maximum absolute atomic E-state index is 12.5. The molecule has 4 rings (SSSR count). The van der Waals surface area contributed by atoms with Crippen molar-refractivity contribution in [2.75, 3.05) is 17.2 Å². The fourth-order valence-corrected chi connectivity index (χ4v) is 5.74. The van der Waals surface area contributed by atoms with Crippen LogP contribution in [0.5, 0.6) is 0 Å². The van der Waals surface area contributed by atoms with Crippen molar-refractivity contribution in [3.05, 3.63) is 58.3 Å². The van der Waals surface area contributed by atoms with Gasteiger partial charge in [0.05, 0.1) is 29.1 Å². The molecule has 11 heteroatoms. The average molecular weight is 539 g/mol. The number of rotatable bonds is 12. The van der Waals surface area contributed by atoms with Crippen LogP contribution in [-0.2, 0) is 14.4 Å². The van der Waals surface area contributed by atoms with Gasteiger partial charge in [0.1, 0.15) is 0 Å². The van der Waals surface area contributed by atoms with E-state index in [9.17, 15) is 24.0 Å².